The molecule has 3 rings (SSSR count). The Labute approximate surface area is 172 Å². The van der Waals surface area contributed by atoms with E-state index in [1.165, 1.54) is 0 Å². The van der Waals surface area contributed by atoms with Crippen molar-refractivity contribution in [2.45, 2.75) is 12.8 Å². The smallest absolute Gasteiger partial charge is 0.227 e. The van der Waals surface area contributed by atoms with E-state index in [0.717, 1.165) is 27.2 Å². The van der Waals surface area contributed by atoms with E-state index in [1.54, 1.807) is 19.1 Å². The van der Waals surface area contributed by atoms with Crippen LogP contribution in [0.3, 0.4) is 0 Å². The molecule has 1 aliphatic rings. The van der Waals surface area contributed by atoms with Crippen molar-refractivity contribution in [2.24, 2.45) is 5.92 Å². The van der Waals surface area contributed by atoms with E-state index in [9.17, 15) is 9.59 Å². The summed E-state index contributed by atoms with van der Waals surface area (Å²) < 4.78 is 11.5. The molecule has 6 nitrogen and oxygen atoms in total. The van der Waals surface area contributed by atoms with Gasteiger partial charge in [-0.15, -0.1) is 0 Å². The summed E-state index contributed by atoms with van der Waals surface area (Å²) in [5.41, 5.74) is 1.75. The number of halogens is 1. The summed E-state index contributed by atoms with van der Waals surface area (Å²) in [5, 5.41) is 2.94. The molecule has 7 heteroatoms. The molecule has 0 saturated carbocycles. The highest BCUT2D eigenvalue weighted by molar-refractivity contribution is 9.10. The first-order valence-electron chi connectivity index (χ1n) is 9.07. The molecule has 0 spiro atoms. The predicted molar refractivity (Wildman–Crippen MR) is 111 cm³/mol. The van der Waals surface area contributed by atoms with Crippen LogP contribution in [0.1, 0.15) is 12.0 Å². The number of methoxy groups -OCH3 is 2. The third-order valence-corrected chi connectivity index (χ3v) is 5.49. The Bertz CT molecular complexity index is 871. The van der Waals surface area contributed by atoms with E-state index in [2.05, 4.69) is 21.2 Å². The van der Waals surface area contributed by atoms with Gasteiger partial charge in [-0.2, -0.15) is 0 Å². The van der Waals surface area contributed by atoms with Crippen LogP contribution in [0.4, 0.5) is 5.69 Å². The van der Waals surface area contributed by atoms with Crippen molar-refractivity contribution in [3.63, 3.8) is 0 Å². The topological polar surface area (TPSA) is 67.9 Å². The number of hydrogen-bond donors (Lipinski definition) is 1. The average molecular weight is 447 g/mol. The lowest BCUT2D eigenvalue weighted by atomic mass is 10.1. The summed E-state index contributed by atoms with van der Waals surface area (Å²) in [6.45, 7) is 0.845. The molecule has 1 saturated heterocycles. The van der Waals surface area contributed by atoms with Crippen LogP contribution >= 0.6 is 15.9 Å². The van der Waals surface area contributed by atoms with Crippen molar-refractivity contribution in [1.29, 1.82) is 0 Å². The first kappa shape index (κ1) is 20.2. The Morgan fingerprint density at radius 2 is 2.00 bits per heavy atom. The van der Waals surface area contributed by atoms with Crippen molar-refractivity contribution >= 4 is 33.4 Å². The summed E-state index contributed by atoms with van der Waals surface area (Å²) in [7, 11) is 3.23. The number of hydrogen-bond acceptors (Lipinski definition) is 4. The van der Waals surface area contributed by atoms with E-state index in [4.69, 9.17) is 9.47 Å². The Hall–Kier alpha value is -2.54. The fraction of sp³-hybridized carbons (Fsp3) is 0.333. The van der Waals surface area contributed by atoms with Gasteiger partial charge in [-0.3, -0.25) is 9.59 Å². The molecule has 1 N–H and O–H groups in total. The van der Waals surface area contributed by atoms with Crippen LogP contribution in [0.2, 0.25) is 0 Å². The van der Waals surface area contributed by atoms with Crippen LogP contribution in [0.25, 0.3) is 0 Å². The zero-order valence-corrected chi connectivity index (χ0v) is 17.5. The molecule has 0 aromatic heterocycles. The number of ether oxygens (including phenoxy) is 2. The lowest BCUT2D eigenvalue weighted by Gasteiger charge is -2.18. The standard InChI is InChI=1S/C21H23BrN2O4/c1-27-16-7-8-19(28-2)14(11-16)9-10-23-21(26)15-12-20(25)24(13-15)18-6-4-3-5-17(18)22/h3-8,11,15H,9-10,12-13H2,1-2H3,(H,23,26). The van der Waals surface area contributed by atoms with Crippen LogP contribution in [-0.2, 0) is 16.0 Å². The fourth-order valence-electron chi connectivity index (χ4n) is 3.33. The van der Waals surface area contributed by atoms with Gasteiger partial charge in [0.05, 0.1) is 25.8 Å². The zero-order chi connectivity index (χ0) is 20.1. The Morgan fingerprint density at radius 3 is 2.71 bits per heavy atom. The molecule has 2 amide bonds. The Balaban J connectivity index is 1.58. The molecule has 0 aliphatic carbocycles. The van der Waals surface area contributed by atoms with Crippen LogP contribution < -0.4 is 19.7 Å². The molecule has 0 radical (unpaired) electrons. The van der Waals surface area contributed by atoms with Gasteiger partial charge in [0.2, 0.25) is 11.8 Å². The third kappa shape index (κ3) is 4.47. The van der Waals surface area contributed by atoms with E-state index >= 15 is 0 Å². The predicted octanol–water partition coefficient (Wildman–Crippen LogP) is 3.18. The number of carbonyl (C=O) groups excluding carboxylic acids is 2. The van der Waals surface area contributed by atoms with Gasteiger partial charge in [0.1, 0.15) is 11.5 Å². The van der Waals surface area contributed by atoms with Crippen LogP contribution in [0, 0.1) is 5.92 Å². The van der Waals surface area contributed by atoms with Crippen molar-refractivity contribution in [1.82, 2.24) is 5.32 Å². The molecule has 148 valence electrons. The van der Waals surface area contributed by atoms with E-state index in [0.29, 0.717) is 19.5 Å². The lowest BCUT2D eigenvalue weighted by molar-refractivity contribution is -0.126. The number of para-hydroxylation sites is 1. The Kier molecular flexibility index (Phi) is 6.57. The minimum Gasteiger partial charge on any atom is -0.497 e. The molecule has 2 aromatic carbocycles. The van der Waals surface area contributed by atoms with Gasteiger partial charge < -0.3 is 19.7 Å². The van der Waals surface area contributed by atoms with E-state index < -0.39 is 0 Å². The van der Waals surface area contributed by atoms with Crippen molar-refractivity contribution in [3.8, 4) is 11.5 Å². The number of amides is 2. The third-order valence-electron chi connectivity index (χ3n) is 4.82. The number of rotatable bonds is 7. The molecular formula is C21H23BrN2O4. The van der Waals surface area contributed by atoms with Crippen LogP contribution in [-0.4, -0.2) is 39.1 Å². The van der Waals surface area contributed by atoms with E-state index in [1.807, 2.05) is 42.5 Å². The second-order valence-electron chi connectivity index (χ2n) is 6.58. The quantitative estimate of drug-likeness (QED) is 0.708. The Morgan fingerprint density at radius 1 is 1.21 bits per heavy atom. The molecule has 1 fully saturated rings. The molecule has 0 bridgehead atoms. The fourth-order valence-corrected chi connectivity index (χ4v) is 3.83. The molecular weight excluding hydrogens is 424 g/mol. The maximum absolute atomic E-state index is 12.6. The summed E-state index contributed by atoms with van der Waals surface area (Å²) >= 11 is 3.47. The van der Waals surface area contributed by atoms with Crippen molar-refractivity contribution in [3.05, 3.63) is 52.5 Å². The minimum absolute atomic E-state index is 0.0403. The van der Waals surface area contributed by atoms with Gasteiger partial charge in [-0.25, -0.2) is 0 Å². The average Bonchev–Trinajstić information content (AvgIpc) is 3.09. The van der Waals surface area contributed by atoms with Crippen molar-refractivity contribution < 1.29 is 19.1 Å². The zero-order valence-electron chi connectivity index (χ0n) is 15.9. The highest BCUT2D eigenvalue weighted by Gasteiger charge is 2.35. The molecule has 28 heavy (non-hydrogen) atoms. The highest BCUT2D eigenvalue weighted by atomic mass is 79.9. The van der Waals surface area contributed by atoms with Gasteiger partial charge >= 0.3 is 0 Å². The molecule has 2 aromatic rings. The monoisotopic (exact) mass is 446 g/mol. The summed E-state index contributed by atoms with van der Waals surface area (Å²) in [4.78, 5) is 26.6. The van der Waals surface area contributed by atoms with Crippen LogP contribution in [0.5, 0.6) is 11.5 Å². The number of carbonyl (C=O) groups is 2. The number of anilines is 1. The van der Waals surface area contributed by atoms with Gasteiger partial charge in [0.15, 0.2) is 0 Å². The lowest BCUT2D eigenvalue weighted by Crippen LogP contribution is -2.34. The number of nitrogens with zero attached hydrogens (tertiary/aromatic N) is 1. The highest BCUT2D eigenvalue weighted by Crippen LogP contribution is 2.31. The van der Waals surface area contributed by atoms with Gasteiger partial charge in [0, 0.05) is 24.0 Å². The second-order valence-corrected chi connectivity index (χ2v) is 7.43. The summed E-state index contributed by atoms with van der Waals surface area (Å²) in [5.74, 6) is 0.997. The number of benzene rings is 2. The molecule has 1 atom stereocenters. The van der Waals surface area contributed by atoms with E-state index in [-0.39, 0.29) is 24.2 Å². The normalized spacial score (nSPS) is 16.2. The largest absolute Gasteiger partial charge is 0.497 e. The first-order chi connectivity index (χ1) is 13.5. The van der Waals surface area contributed by atoms with Crippen LogP contribution in [0.15, 0.2) is 46.9 Å². The SMILES string of the molecule is COc1ccc(OC)c(CCNC(=O)C2CC(=O)N(c3ccccc3Br)C2)c1. The maximum atomic E-state index is 12.6. The maximum Gasteiger partial charge on any atom is 0.227 e. The molecule has 1 unspecified atom stereocenters. The molecule has 1 heterocycles. The summed E-state index contributed by atoms with van der Waals surface area (Å²) in [6, 6.07) is 13.1. The first-order valence-corrected chi connectivity index (χ1v) is 9.86. The van der Waals surface area contributed by atoms with Crippen molar-refractivity contribution in [2.75, 3.05) is 32.2 Å². The second kappa shape index (κ2) is 9.10. The summed E-state index contributed by atoms with van der Waals surface area (Å²) in [6.07, 6.45) is 0.830. The number of nitrogens with one attached hydrogen (secondary N) is 1. The van der Waals surface area contributed by atoms with Gasteiger partial charge in [-0.05, 0) is 58.2 Å². The minimum atomic E-state index is -0.355. The van der Waals surface area contributed by atoms with Gasteiger partial charge in [-0.1, -0.05) is 12.1 Å². The molecule has 1 aliphatic heterocycles. The van der Waals surface area contributed by atoms with Gasteiger partial charge in [0.25, 0.3) is 0 Å².